The number of benzene rings is 1. The number of hydrogen-bond donors (Lipinski definition) is 2. The summed E-state index contributed by atoms with van der Waals surface area (Å²) in [7, 11) is 0. The van der Waals surface area contributed by atoms with Gasteiger partial charge in [-0.1, -0.05) is 41.7 Å². The van der Waals surface area contributed by atoms with Crippen molar-refractivity contribution in [1.82, 2.24) is 15.5 Å². The molecule has 0 saturated carbocycles. The third kappa shape index (κ3) is 4.96. The molecular weight excluding hydrogens is 312 g/mol. The lowest BCUT2D eigenvalue weighted by Crippen LogP contribution is -2.32. The van der Waals surface area contributed by atoms with Crippen LogP contribution in [-0.4, -0.2) is 34.1 Å². The first-order chi connectivity index (χ1) is 11.1. The maximum absolute atomic E-state index is 12.0. The molecule has 1 aromatic heterocycles. The molecule has 7 nitrogen and oxygen atoms in total. The third-order valence-electron chi connectivity index (χ3n) is 2.75. The fourth-order valence-electron chi connectivity index (χ4n) is 1.64. The molecule has 0 aliphatic rings. The van der Waals surface area contributed by atoms with Gasteiger partial charge < -0.3 is 11.2 Å². The smallest absolute Gasteiger partial charge is 0.273 e. The minimum absolute atomic E-state index is 0.0659. The molecule has 0 fully saturated rings. The molecular formula is C15H18N6OS. The monoisotopic (exact) mass is 330 g/mol. The summed E-state index contributed by atoms with van der Waals surface area (Å²) >= 11 is 1.42. The molecule has 0 bridgehead atoms. The molecule has 0 saturated heterocycles. The Labute approximate surface area is 138 Å². The topological polar surface area (TPSA) is 106 Å². The van der Waals surface area contributed by atoms with Crippen molar-refractivity contribution in [2.45, 2.75) is 26.4 Å². The fraction of sp³-hybridized carbons (Fsp3) is 0.267. The van der Waals surface area contributed by atoms with Crippen LogP contribution in [0.15, 0.2) is 40.4 Å². The van der Waals surface area contributed by atoms with Crippen LogP contribution in [0.3, 0.4) is 0 Å². The van der Waals surface area contributed by atoms with Crippen LogP contribution in [0.2, 0.25) is 0 Å². The Bertz CT molecular complexity index is 708. The molecule has 0 aliphatic carbocycles. The molecule has 0 unspecified atom stereocenters. The van der Waals surface area contributed by atoms with Crippen LogP contribution >= 0.6 is 11.3 Å². The van der Waals surface area contributed by atoms with E-state index in [9.17, 15) is 4.79 Å². The maximum Gasteiger partial charge on any atom is 0.273 e. The summed E-state index contributed by atoms with van der Waals surface area (Å²) in [5, 5.41) is 15.9. The zero-order chi connectivity index (χ0) is 16.7. The zero-order valence-electron chi connectivity index (χ0n) is 12.9. The van der Waals surface area contributed by atoms with Gasteiger partial charge in [-0.25, -0.2) is 0 Å². The van der Waals surface area contributed by atoms with Crippen molar-refractivity contribution in [3.63, 3.8) is 0 Å². The van der Waals surface area contributed by atoms with E-state index in [2.05, 4.69) is 25.6 Å². The van der Waals surface area contributed by atoms with Crippen molar-refractivity contribution >= 4 is 29.2 Å². The number of carbonyl (C=O) groups is 1. The summed E-state index contributed by atoms with van der Waals surface area (Å²) in [5.41, 5.74) is 1.07. The second-order valence-electron chi connectivity index (χ2n) is 4.94. The van der Waals surface area contributed by atoms with Crippen LogP contribution in [0.25, 0.3) is 10.6 Å². The van der Waals surface area contributed by atoms with Crippen LogP contribution in [0.1, 0.15) is 18.9 Å². The highest BCUT2D eigenvalue weighted by Crippen LogP contribution is 2.22. The Hall–Kier alpha value is -2.61. The number of rotatable bonds is 6. The van der Waals surface area contributed by atoms with Gasteiger partial charge in [-0.2, -0.15) is 5.10 Å². The van der Waals surface area contributed by atoms with Crippen molar-refractivity contribution in [3.05, 3.63) is 35.3 Å². The van der Waals surface area contributed by atoms with Gasteiger partial charge in [0.1, 0.15) is 10.0 Å². The summed E-state index contributed by atoms with van der Waals surface area (Å²) in [6, 6.07) is 9.82. The SMILES string of the molecule is CC(C)N=C/C(=N\N)C(=O)NCc1nnc(-c2ccccc2)s1. The highest BCUT2D eigenvalue weighted by molar-refractivity contribution is 7.14. The number of hydrogen-bond acceptors (Lipinski definition) is 7. The van der Waals surface area contributed by atoms with Crippen molar-refractivity contribution in [2.75, 3.05) is 0 Å². The first kappa shape index (κ1) is 16.8. The van der Waals surface area contributed by atoms with Crippen molar-refractivity contribution < 1.29 is 4.79 Å². The van der Waals surface area contributed by atoms with Gasteiger partial charge in [0.15, 0.2) is 5.71 Å². The predicted octanol–water partition coefficient (Wildman–Crippen LogP) is 1.62. The van der Waals surface area contributed by atoms with Crippen LogP contribution in [-0.2, 0) is 11.3 Å². The van der Waals surface area contributed by atoms with Crippen molar-refractivity contribution in [3.8, 4) is 10.6 Å². The zero-order valence-corrected chi connectivity index (χ0v) is 13.7. The minimum atomic E-state index is -0.395. The van der Waals surface area contributed by atoms with E-state index in [-0.39, 0.29) is 18.3 Å². The van der Waals surface area contributed by atoms with Gasteiger partial charge in [0.05, 0.1) is 12.8 Å². The molecule has 0 aliphatic heterocycles. The Balaban J connectivity index is 1.96. The molecule has 8 heteroatoms. The maximum atomic E-state index is 12.0. The van der Waals surface area contributed by atoms with E-state index in [4.69, 9.17) is 5.84 Å². The summed E-state index contributed by atoms with van der Waals surface area (Å²) in [6.07, 6.45) is 1.37. The standard InChI is InChI=1S/C15H18N6OS/c1-10(2)17-8-12(19-16)14(22)18-9-13-20-21-15(23-13)11-6-4-3-5-7-11/h3-8,10H,9,16H2,1-2H3,(H,18,22)/b17-8?,19-12+. The number of carbonyl (C=O) groups excluding carboxylic acids is 1. The third-order valence-corrected chi connectivity index (χ3v) is 3.73. The van der Waals surface area contributed by atoms with Gasteiger partial charge >= 0.3 is 0 Å². The summed E-state index contributed by atoms with van der Waals surface area (Å²) in [4.78, 5) is 16.1. The molecule has 3 N–H and O–H groups in total. The van der Waals surface area contributed by atoms with Crippen LogP contribution in [0, 0.1) is 0 Å². The molecule has 23 heavy (non-hydrogen) atoms. The van der Waals surface area contributed by atoms with Crippen LogP contribution in [0.4, 0.5) is 0 Å². The van der Waals surface area contributed by atoms with Crippen molar-refractivity contribution in [1.29, 1.82) is 0 Å². The number of nitrogens with zero attached hydrogens (tertiary/aromatic N) is 4. The average molecular weight is 330 g/mol. The summed E-state index contributed by atoms with van der Waals surface area (Å²) in [5.74, 6) is 4.82. The normalized spacial score (nSPS) is 12.0. The van der Waals surface area contributed by atoms with Crippen LogP contribution in [0.5, 0.6) is 0 Å². The first-order valence-electron chi connectivity index (χ1n) is 7.07. The lowest BCUT2D eigenvalue weighted by molar-refractivity contribution is -0.114. The van der Waals surface area contributed by atoms with Gasteiger partial charge in [0, 0.05) is 11.6 Å². The largest absolute Gasteiger partial charge is 0.344 e. The quantitative estimate of drug-likeness (QED) is 0.477. The van der Waals surface area contributed by atoms with E-state index in [1.807, 2.05) is 44.2 Å². The molecule has 2 rings (SSSR count). The van der Waals surface area contributed by atoms with Crippen LogP contribution < -0.4 is 11.2 Å². The number of aromatic nitrogens is 2. The Morgan fingerprint density at radius 2 is 2.09 bits per heavy atom. The Morgan fingerprint density at radius 1 is 1.35 bits per heavy atom. The molecule has 1 heterocycles. The lowest BCUT2D eigenvalue weighted by Gasteiger charge is -2.02. The second kappa shape index (κ2) is 8.14. The Morgan fingerprint density at radius 3 is 2.74 bits per heavy atom. The van der Waals surface area contributed by atoms with Gasteiger partial charge in [0.2, 0.25) is 0 Å². The molecule has 2 aromatic rings. The minimum Gasteiger partial charge on any atom is -0.344 e. The van der Waals surface area contributed by atoms with Gasteiger partial charge in [-0.15, -0.1) is 10.2 Å². The second-order valence-corrected chi connectivity index (χ2v) is 6.00. The van der Waals surface area contributed by atoms with E-state index in [1.54, 1.807) is 0 Å². The number of nitrogens with one attached hydrogen (secondary N) is 1. The first-order valence-corrected chi connectivity index (χ1v) is 7.89. The van der Waals surface area contributed by atoms with E-state index in [1.165, 1.54) is 17.6 Å². The van der Waals surface area contributed by atoms with Gasteiger partial charge in [-0.3, -0.25) is 9.79 Å². The summed E-state index contributed by atoms with van der Waals surface area (Å²) in [6.45, 7) is 4.06. The fourth-order valence-corrected chi connectivity index (χ4v) is 2.42. The van der Waals surface area contributed by atoms with Gasteiger partial charge in [-0.05, 0) is 13.8 Å². The average Bonchev–Trinajstić information content (AvgIpc) is 3.03. The lowest BCUT2D eigenvalue weighted by atomic mass is 10.2. The molecule has 0 radical (unpaired) electrons. The van der Waals surface area contributed by atoms with E-state index in [0.29, 0.717) is 5.01 Å². The van der Waals surface area contributed by atoms with E-state index < -0.39 is 5.91 Å². The number of amides is 1. The number of aliphatic imine (C=N–C) groups is 1. The van der Waals surface area contributed by atoms with E-state index >= 15 is 0 Å². The molecule has 1 amide bonds. The molecule has 0 atom stereocenters. The highest BCUT2D eigenvalue weighted by atomic mass is 32.1. The summed E-state index contributed by atoms with van der Waals surface area (Å²) < 4.78 is 0. The molecule has 120 valence electrons. The van der Waals surface area contributed by atoms with E-state index in [0.717, 1.165) is 10.6 Å². The van der Waals surface area contributed by atoms with Gasteiger partial charge in [0.25, 0.3) is 5.91 Å². The molecule has 1 aromatic carbocycles. The number of nitrogens with two attached hydrogens (primary N) is 1. The predicted molar refractivity (Wildman–Crippen MR) is 92.4 cm³/mol. The van der Waals surface area contributed by atoms with Crippen molar-refractivity contribution in [2.24, 2.45) is 15.9 Å². The number of hydrazone groups is 1. The molecule has 0 spiro atoms. The highest BCUT2D eigenvalue weighted by Gasteiger charge is 2.11. The Kier molecular flexibility index (Phi) is 5.93.